The van der Waals surface area contributed by atoms with E-state index in [2.05, 4.69) is 17.6 Å². The molecular weight excluding hydrogens is 110 g/mol. The van der Waals surface area contributed by atoms with Crippen molar-refractivity contribution in [2.45, 2.75) is 0 Å². The number of nitrogens with one attached hydrogen (secondary N) is 1. The van der Waals surface area contributed by atoms with Gasteiger partial charge in [-0.15, -0.1) is 0 Å². The zero-order chi connectivity index (χ0) is 6.10. The van der Waals surface area contributed by atoms with Crippen molar-refractivity contribution in [3.63, 3.8) is 0 Å². The molecule has 0 unspecified atom stereocenters. The van der Waals surface area contributed by atoms with Crippen molar-refractivity contribution in [3.8, 4) is 0 Å². The fourth-order valence-electron chi connectivity index (χ4n) is 0.928. The van der Waals surface area contributed by atoms with Crippen LogP contribution in [-0.4, -0.2) is 0 Å². The molecule has 1 aliphatic heterocycles. The lowest BCUT2D eigenvalue weighted by atomic mass is 10.2. The van der Waals surface area contributed by atoms with Gasteiger partial charge in [0.05, 0.1) is 0 Å². The lowest BCUT2D eigenvalue weighted by molar-refractivity contribution is 1.61. The molecule has 0 aromatic heterocycles. The summed E-state index contributed by atoms with van der Waals surface area (Å²) < 4.78 is 0. The lowest BCUT2D eigenvalue weighted by Crippen LogP contribution is -1.80. The van der Waals surface area contributed by atoms with Crippen LogP contribution in [0.3, 0.4) is 0 Å². The molecule has 1 heteroatoms. The minimum absolute atomic E-state index is 1.15. The standard InChI is InChI=1S/C8H6N/c1-2-4-8-7(3-1)5-6-9-8/h1-5,9H/q+1. The van der Waals surface area contributed by atoms with Crippen molar-refractivity contribution in [1.29, 1.82) is 0 Å². The van der Waals surface area contributed by atoms with E-state index in [4.69, 9.17) is 0 Å². The minimum atomic E-state index is 1.15. The van der Waals surface area contributed by atoms with E-state index < -0.39 is 0 Å². The van der Waals surface area contributed by atoms with Crippen LogP contribution in [0.15, 0.2) is 24.3 Å². The third-order valence-corrected chi connectivity index (χ3v) is 1.40. The molecule has 0 bridgehead atoms. The first kappa shape index (κ1) is 4.54. The summed E-state index contributed by atoms with van der Waals surface area (Å²) in [5.74, 6) is 0. The van der Waals surface area contributed by atoms with Gasteiger partial charge in [0.2, 0.25) is 0 Å². The molecule has 0 atom stereocenters. The van der Waals surface area contributed by atoms with Crippen molar-refractivity contribution in [2.24, 2.45) is 0 Å². The highest BCUT2D eigenvalue weighted by atomic mass is 14.9. The first-order valence-corrected chi connectivity index (χ1v) is 2.90. The Labute approximate surface area is 54.0 Å². The molecule has 0 saturated carbocycles. The zero-order valence-corrected chi connectivity index (χ0v) is 4.89. The van der Waals surface area contributed by atoms with Crippen LogP contribution in [0.5, 0.6) is 0 Å². The monoisotopic (exact) mass is 116 g/mol. The normalized spacial score (nSPS) is 12.0. The average Bonchev–Trinajstić information content (AvgIpc) is 2.33. The van der Waals surface area contributed by atoms with Gasteiger partial charge in [0.15, 0.2) is 11.3 Å². The Hall–Kier alpha value is -1.33. The number of hydrogen-bond acceptors (Lipinski definition) is 1. The molecule has 2 rings (SSSR count). The van der Waals surface area contributed by atoms with Crippen LogP contribution in [0, 0.1) is 6.20 Å². The van der Waals surface area contributed by atoms with Crippen LogP contribution in [0.1, 0.15) is 5.56 Å². The van der Waals surface area contributed by atoms with E-state index in [1.54, 1.807) is 0 Å². The topological polar surface area (TPSA) is 12.0 Å². The summed E-state index contributed by atoms with van der Waals surface area (Å²) in [5, 5.41) is 2.99. The molecular formula is C8H6N+. The van der Waals surface area contributed by atoms with Crippen LogP contribution in [0.2, 0.25) is 0 Å². The van der Waals surface area contributed by atoms with E-state index in [0.29, 0.717) is 0 Å². The Morgan fingerprint density at radius 3 is 3.00 bits per heavy atom. The number of anilines is 1. The maximum absolute atomic E-state index is 2.99. The van der Waals surface area contributed by atoms with Crippen LogP contribution in [0.25, 0.3) is 6.08 Å². The number of rotatable bonds is 0. The summed E-state index contributed by atoms with van der Waals surface area (Å²) in [4.78, 5) is 0. The maximum Gasteiger partial charge on any atom is 0.198 e. The van der Waals surface area contributed by atoms with Crippen LogP contribution < -0.4 is 5.32 Å². The molecule has 42 valence electrons. The van der Waals surface area contributed by atoms with Crippen LogP contribution in [0.4, 0.5) is 5.69 Å². The Morgan fingerprint density at radius 2 is 2.11 bits per heavy atom. The Bertz CT molecular complexity index is 250. The second kappa shape index (κ2) is 1.57. The summed E-state index contributed by atoms with van der Waals surface area (Å²) in [6.07, 6.45) is 4.85. The average molecular weight is 116 g/mol. The molecule has 1 nitrogen and oxygen atoms in total. The molecule has 0 saturated heterocycles. The van der Waals surface area contributed by atoms with Gasteiger partial charge in [0.1, 0.15) is 12.3 Å². The Morgan fingerprint density at radius 1 is 1.22 bits per heavy atom. The molecule has 1 heterocycles. The molecule has 0 aliphatic carbocycles. The summed E-state index contributed by atoms with van der Waals surface area (Å²) >= 11 is 0. The van der Waals surface area contributed by atoms with Crippen LogP contribution >= 0.6 is 0 Å². The van der Waals surface area contributed by atoms with Gasteiger partial charge in [0, 0.05) is 12.1 Å². The molecule has 1 aromatic carbocycles. The van der Waals surface area contributed by atoms with Gasteiger partial charge in [0.25, 0.3) is 0 Å². The highest BCUT2D eigenvalue weighted by Crippen LogP contribution is 2.20. The Balaban J connectivity index is 2.63. The number of para-hydroxylation sites is 1. The molecule has 0 radical (unpaired) electrons. The van der Waals surface area contributed by atoms with E-state index in [-0.39, 0.29) is 0 Å². The van der Waals surface area contributed by atoms with Crippen molar-refractivity contribution < 1.29 is 0 Å². The lowest BCUT2D eigenvalue weighted by Gasteiger charge is -1.82. The molecule has 9 heavy (non-hydrogen) atoms. The molecule has 1 aliphatic rings. The van der Waals surface area contributed by atoms with E-state index in [0.717, 1.165) is 5.69 Å². The van der Waals surface area contributed by atoms with Crippen molar-refractivity contribution in [3.05, 3.63) is 36.0 Å². The highest BCUT2D eigenvalue weighted by molar-refractivity contribution is 5.71. The fourth-order valence-corrected chi connectivity index (χ4v) is 0.928. The van der Waals surface area contributed by atoms with E-state index in [9.17, 15) is 0 Å². The van der Waals surface area contributed by atoms with E-state index in [1.165, 1.54) is 5.56 Å². The fraction of sp³-hybridized carbons (Fsp3) is 0. The summed E-state index contributed by atoms with van der Waals surface area (Å²) in [5.41, 5.74) is 2.37. The first-order valence-electron chi connectivity index (χ1n) is 2.90. The predicted octanol–water partition coefficient (Wildman–Crippen LogP) is 1.89. The van der Waals surface area contributed by atoms with Crippen molar-refractivity contribution in [1.82, 2.24) is 0 Å². The van der Waals surface area contributed by atoms with Gasteiger partial charge < -0.3 is 0 Å². The molecule has 1 N–H and O–H groups in total. The van der Waals surface area contributed by atoms with Gasteiger partial charge >= 0.3 is 0 Å². The van der Waals surface area contributed by atoms with Gasteiger partial charge in [-0.05, 0) is 12.1 Å². The van der Waals surface area contributed by atoms with Gasteiger partial charge in [-0.1, -0.05) is 0 Å². The first-order chi connectivity index (χ1) is 4.47. The predicted molar refractivity (Wildman–Crippen MR) is 37.8 cm³/mol. The van der Waals surface area contributed by atoms with Gasteiger partial charge in [-0.3, -0.25) is 0 Å². The van der Waals surface area contributed by atoms with Gasteiger partial charge in [-0.25, -0.2) is 0 Å². The highest BCUT2D eigenvalue weighted by Gasteiger charge is 2.12. The molecule has 1 aromatic rings. The zero-order valence-electron chi connectivity index (χ0n) is 4.89. The maximum atomic E-state index is 2.99. The van der Waals surface area contributed by atoms with Crippen molar-refractivity contribution in [2.75, 3.05) is 5.32 Å². The molecule has 0 amide bonds. The number of benzene rings is 1. The second-order valence-electron chi connectivity index (χ2n) is 2.00. The smallest absolute Gasteiger partial charge is 0.197 e. The Kier molecular flexibility index (Phi) is 0.794. The summed E-state index contributed by atoms with van der Waals surface area (Å²) in [6, 6.07) is 8.12. The molecule has 0 spiro atoms. The quantitative estimate of drug-likeness (QED) is 0.510. The van der Waals surface area contributed by atoms with E-state index >= 15 is 0 Å². The van der Waals surface area contributed by atoms with Crippen LogP contribution in [-0.2, 0) is 0 Å². The SMILES string of the molecule is [C+]1=Cc2ccccc2N1. The number of hydrogen-bond donors (Lipinski definition) is 1. The van der Waals surface area contributed by atoms with Gasteiger partial charge in [-0.2, -0.15) is 5.32 Å². The van der Waals surface area contributed by atoms with Crippen molar-refractivity contribution >= 4 is 11.8 Å². The van der Waals surface area contributed by atoms with E-state index in [1.807, 2.05) is 24.3 Å². The number of fused-ring (bicyclic) bond motifs is 1. The largest absolute Gasteiger partial charge is 0.198 e. The second-order valence-corrected chi connectivity index (χ2v) is 2.00. The molecule has 0 fully saturated rings. The summed E-state index contributed by atoms with van der Waals surface area (Å²) in [7, 11) is 0. The third-order valence-electron chi connectivity index (χ3n) is 1.40. The summed E-state index contributed by atoms with van der Waals surface area (Å²) in [6.45, 7) is 0. The third kappa shape index (κ3) is 0.592. The minimum Gasteiger partial charge on any atom is -0.197 e.